The molecule has 8 nitrogen and oxygen atoms in total. The summed E-state index contributed by atoms with van der Waals surface area (Å²) in [6.45, 7) is 19.5. The Morgan fingerprint density at radius 2 is 1.53 bits per heavy atom. The summed E-state index contributed by atoms with van der Waals surface area (Å²) in [4.78, 5) is 37.6. The molecule has 0 aromatic rings. The summed E-state index contributed by atoms with van der Waals surface area (Å²) in [5.74, 6) is 0.997. The quantitative estimate of drug-likeness (QED) is 0.124. The van der Waals surface area contributed by atoms with E-state index in [0.717, 1.165) is 64.2 Å². The number of carbonyl (C=O) groups is 3. The second-order valence-corrected chi connectivity index (χ2v) is 18.9. The van der Waals surface area contributed by atoms with Gasteiger partial charge in [0.05, 0.1) is 23.5 Å². The number of nitrogens with one attached hydrogen (secondary N) is 2. The van der Waals surface area contributed by atoms with Crippen LogP contribution in [-0.4, -0.2) is 53.3 Å². The molecule has 5 aliphatic carbocycles. The number of carboxylic acids is 1. The Balaban J connectivity index is 0.00000583. The Morgan fingerprint density at radius 1 is 0.843 bits per heavy atom. The van der Waals surface area contributed by atoms with E-state index >= 15 is 0 Å². The normalized spacial score (nSPS) is 39.9. The van der Waals surface area contributed by atoms with Gasteiger partial charge in [-0.15, -0.1) is 0 Å². The van der Waals surface area contributed by atoms with E-state index in [0.29, 0.717) is 42.6 Å². The molecule has 284 valence electrons. The van der Waals surface area contributed by atoms with Gasteiger partial charge in [-0.3, -0.25) is 9.59 Å². The summed E-state index contributed by atoms with van der Waals surface area (Å²) in [5.41, 5.74) is 1.52. The molecule has 0 aromatic carbocycles. The maximum Gasteiger partial charge on any atom is 1.00 e. The molecule has 0 aromatic heterocycles. The first kappa shape index (κ1) is 42.8. The summed E-state index contributed by atoms with van der Waals surface area (Å²) in [5, 5.41) is 37.0. The zero-order valence-electron chi connectivity index (χ0n) is 33.2. The van der Waals surface area contributed by atoms with Crippen molar-refractivity contribution in [2.75, 3.05) is 13.2 Å². The van der Waals surface area contributed by atoms with Crippen molar-refractivity contribution in [2.45, 2.75) is 163 Å². The molecule has 0 bridgehead atoms. The third kappa shape index (κ3) is 7.54. The number of fused-ring (bicyclic) bond motifs is 7. The van der Waals surface area contributed by atoms with Crippen molar-refractivity contribution in [2.24, 2.45) is 56.7 Å². The Hall–Kier alpha value is -0.930. The van der Waals surface area contributed by atoms with E-state index in [4.69, 9.17) is 5.11 Å². The maximum absolute atomic E-state index is 14.4. The van der Waals surface area contributed by atoms with Gasteiger partial charge in [0.2, 0.25) is 11.8 Å². The van der Waals surface area contributed by atoms with E-state index in [1.165, 1.54) is 31.3 Å². The molecular formula is C42H69N2NaO6. The minimum Gasteiger partial charge on any atom is -0.548 e. The number of aliphatic carboxylic acids is 1. The molecular weight excluding hydrogens is 651 g/mol. The van der Waals surface area contributed by atoms with Crippen LogP contribution in [0.25, 0.3) is 0 Å². The maximum atomic E-state index is 14.4. The average molecular weight is 721 g/mol. The van der Waals surface area contributed by atoms with E-state index in [1.807, 2.05) is 0 Å². The largest absolute Gasteiger partial charge is 1.00 e. The van der Waals surface area contributed by atoms with Crippen molar-refractivity contribution < 1.29 is 59.3 Å². The SMILES string of the molecule is C=C(C)[C@@H]1CC[C@]2(C(=O)NCCCCCCCC(=O)N[C@@H](CCO)C(=O)[O-])CC[C@]3(C)[C@H](CCC4[C@@]5(C)CC[C@H](O)C(C)(C)[C@@H]5CC[C@]43C)[C@@H]12.[Na+]. The topological polar surface area (TPSA) is 139 Å². The van der Waals surface area contributed by atoms with Crippen LogP contribution in [0.2, 0.25) is 0 Å². The molecule has 0 heterocycles. The number of aliphatic hydroxyl groups is 2. The molecule has 0 spiro atoms. The predicted octanol–water partition coefficient (Wildman–Crippen LogP) is 3.08. The van der Waals surface area contributed by atoms with Crippen LogP contribution >= 0.6 is 0 Å². The third-order valence-corrected chi connectivity index (χ3v) is 16.4. The summed E-state index contributed by atoms with van der Waals surface area (Å²) in [6.07, 6.45) is 15.3. The molecule has 51 heavy (non-hydrogen) atoms. The van der Waals surface area contributed by atoms with Crippen LogP contribution in [0.4, 0.5) is 0 Å². The second kappa shape index (κ2) is 16.4. The first-order valence-electron chi connectivity index (χ1n) is 20.2. The van der Waals surface area contributed by atoms with E-state index in [-0.39, 0.29) is 94.0 Å². The van der Waals surface area contributed by atoms with Crippen LogP contribution in [0, 0.1) is 56.7 Å². The van der Waals surface area contributed by atoms with Crippen molar-refractivity contribution >= 4 is 17.8 Å². The summed E-state index contributed by atoms with van der Waals surface area (Å²) in [7, 11) is 0. The van der Waals surface area contributed by atoms with Crippen molar-refractivity contribution in [1.29, 1.82) is 0 Å². The van der Waals surface area contributed by atoms with Crippen LogP contribution in [0.15, 0.2) is 12.2 Å². The zero-order valence-corrected chi connectivity index (χ0v) is 35.2. The Kier molecular flexibility index (Phi) is 13.8. The monoisotopic (exact) mass is 721 g/mol. The van der Waals surface area contributed by atoms with Crippen LogP contribution < -0.4 is 45.3 Å². The average Bonchev–Trinajstić information content (AvgIpc) is 3.45. The fourth-order valence-electron chi connectivity index (χ4n) is 13.5. The van der Waals surface area contributed by atoms with Gasteiger partial charge < -0.3 is 30.7 Å². The van der Waals surface area contributed by atoms with Gasteiger partial charge in [-0.25, -0.2) is 0 Å². The van der Waals surface area contributed by atoms with Crippen LogP contribution in [-0.2, 0) is 14.4 Å². The number of rotatable bonds is 14. The summed E-state index contributed by atoms with van der Waals surface area (Å²) in [6, 6.07) is -1.15. The van der Waals surface area contributed by atoms with Crippen LogP contribution in [0.3, 0.4) is 0 Å². The number of carboxylic acid groups (broad SMARTS) is 1. The van der Waals surface area contributed by atoms with Gasteiger partial charge in [0.1, 0.15) is 0 Å². The number of unbranched alkanes of at least 4 members (excludes halogenated alkanes) is 4. The summed E-state index contributed by atoms with van der Waals surface area (Å²) >= 11 is 0. The second-order valence-electron chi connectivity index (χ2n) is 18.9. The van der Waals surface area contributed by atoms with Gasteiger partial charge >= 0.3 is 29.6 Å². The number of carbonyl (C=O) groups excluding carboxylic acids is 3. The Bertz CT molecular complexity index is 1290. The number of allylic oxidation sites excluding steroid dienone is 1. The minimum atomic E-state index is -1.38. The van der Waals surface area contributed by atoms with Crippen molar-refractivity contribution in [3.63, 3.8) is 0 Å². The molecule has 5 fully saturated rings. The van der Waals surface area contributed by atoms with Gasteiger partial charge in [0, 0.05) is 19.6 Å². The number of aliphatic hydroxyl groups excluding tert-OH is 2. The molecule has 4 N–H and O–H groups in total. The molecule has 9 heteroatoms. The number of hydrogen-bond acceptors (Lipinski definition) is 6. The Morgan fingerprint density at radius 3 is 2.20 bits per heavy atom. The zero-order chi connectivity index (χ0) is 36.7. The van der Waals surface area contributed by atoms with E-state index in [9.17, 15) is 24.6 Å². The fraction of sp³-hybridized carbons (Fsp3) is 0.881. The van der Waals surface area contributed by atoms with Crippen LogP contribution in [0.1, 0.15) is 151 Å². The molecule has 5 aliphatic rings. The summed E-state index contributed by atoms with van der Waals surface area (Å²) < 4.78 is 0. The molecule has 2 amide bonds. The molecule has 0 radical (unpaired) electrons. The van der Waals surface area contributed by atoms with Crippen LogP contribution in [0.5, 0.6) is 0 Å². The first-order valence-corrected chi connectivity index (χ1v) is 20.2. The smallest absolute Gasteiger partial charge is 0.548 e. The van der Waals surface area contributed by atoms with Crippen molar-refractivity contribution in [3.05, 3.63) is 12.2 Å². The molecule has 5 rings (SSSR count). The molecule has 0 aliphatic heterocycles. The molecule has 5 saturated carbocycles. The van der Waals surface area contributed by atoms with E-state index < -0.39 is 12.0 Å². The van der Waals surface area contributed by atoms with Gasteiger partial charge in [0.15, 0.2) is 0 Å². The third-order valence-electron chi connectivity index (χ3n) is 16.4. The Labute approximate surface area is 330 Å². The van der Waals surface area contributed by atoms with Gasteiger partial charge in [0.25, 0.3) is 0 Å². The van der Waals surface area contributed by atoms with Gasteiger partial charge in [-0.1, -0.05) is 66.0 Å². The van der Waals surface area contributed by atoms with E-state index in [2.05, 4.69) is 58.8 Å². The molecule has 11 atom stereocenters. The standard InChI is InChI=1S/C42H70N2O6.Na/c1-27(2)28-16-22-42(37(50)43-25-12-10-8-9-11-13-34(47)44-30(19-26-45)36(48)49)24-23-40(6)29(35(28)42)14-15-32-39(5)20-18-33(46)38(3,4)31(39)17-21-41(32,40)7;/h28-33,35,45-46H,1,8-26H2,2-7H3,(H,43,50)(H,44,47)(H,48,49);/q;+1/p-1/t28-,29+,30-,31-,32?,33-,35+,39-,40+,41+,42-;/m0./s1. The first-order chi connectivity index (χ1) is 23.5. The van der Waals surface area contributed by atoms with Gasteiger partial charge in [-0.05, 0) is 142 Å². The molecule has 0 saturated heterocycles. The predicted molar refractivity (Wildman–Crippen MR) is 194 cm³/mol. The van der Waals surface area contributed by atoms with E-state index in [1.54, 1.807) is 0 Å². The number of hydrogen-bond donors (Lipinski definition) is 4. The number of amides is 2. The minimum absolute atomic E-state index is 0. The fourth-order valence-corrected chi connectivity index (χ4v) is 13.5. The van der Waals surface area contributed by atoms with Crippen molar-refractivity contribution in [3.8, 4) is 0 Å². The van der Waals surface area contributed by atoms with Crippen molar-refractivity contribution in [1.82, 2.24) is 10.6 Å². The molecule has 1 unspecified atom stereocenters. The van der Waals surface area contributed by atoms with Gasteiger partial charge in [-0.2, -0.15) is 0 Å².